The summed E-state index contributed by atoms with van der Waals surface area (Å²) in [5.41, 5.74) is 7.53. The van der Waals surface area contributed by atoms with E-state index in [9.17, 15) is 0 Å². The molecule has 0 unspecified atom stereocenters. The zero-order chi connectivity index (χ0) is 32.6. The number of benzene rings is 3. The van der Waals surface area contributed by atoms with Crippen LogP contribution in [-0.4, -0.2) is 57.9 Å². The first kappa shape index (κ1) is 31.6. The molecule has 9 heteroatoms. The van der Waals surface area contributed by atoms with Crippen molar-refractivity contribution in [2.24, 2.45) is 9.98 Å². The van der Waals surface area contributed by atoms with Crippen LogP contribution in [0.5, 0.6) is 11.5 Å². The minimum Gasteiger partial charge on any atom is -0.464 e. The summed E-state index contributed by atoms with van der Waals surface area (Å²) in [5, 5.41) is 2.05. The van der Waals surface area contributed by atoms with E-state index in [0.29, 0.717) is 29.7 Å². The number of aliphatic imine (C=N–C) groups is 2. The fourth-order valence-corrected chi connectivity index (χ4v) is 5.86. The molecule has 0 radical (unpaired) electrons. The van der Waals surface area contributed by atoms with Crippen molar-refractivity contribution in [1.29, 1.82) is 0 Å². The molecular formula is C38H34N4O4S. The third-order valence-corrected chi connectivity index (χ3v) is 8.39. The standard InChI is InChI=1S/C38H34N4O4S/c1-5-19-42(2)29-16-13-27(14-17-29)32-22-30(26-10-7-6-8-11-26)37(39-32)41-38-31(23-33(40-38)36-12-9-20-47-36)28-15-18-34(45-24-43-3)35(21-28)46-25-44-4/h1,6-18,20-23,40H,19,24-25H2,2-4H3/b41-37-. The normalized spacial score (nSPS) is 13.3. The molecule has 2 aromatic heterocycles. The maximum atomic E-state index is 5.88. The summed E-state index contributed by atoms with van der Waals surface area (Å²) in [6, 6.07) is 30.4. The molecular weight excluding hydrogens is 609 g/mol. The van der Waals surface area contributed by atoms with Crippen LogP contribution in [-0.2, 0) is 9.47 Å². The molecule has 1 aliphatic rings. The summed E-state index contributed by atoms with van der Waals surface area (Å²) >= 11 is 1.65. The van der Waals surface area contributed by atoms with Crippen LogP contribution in [0, 0.1) is 12.3 Å². The van der Waals surface area contributed by atoms with Gasteiger partial charge in [0.25, 0.3) is 0 Å². The number of methoxy groups -OCH3 is 2. The molecule has 0 bridgehead atoms. The second-order valence-corrected chi connectivity index (χ2v) is 11.6. The number of nitrogens with zero attached hydrogens (tertiary/aromatic N) is 3. The molecule has 0 spiro atoms. The third-order valence-electron chi connectivity index (χ3n) is 7.49. The summed E-state index contributed by atoms with van der Waals surface area (Å²) in [6.45, 7) is 0.691. The lowest BCUT2D eigenvalue weighted by Gasteiger charge is -2.16. The molecule has 3 aromatic carbocycles. The van der Waals surface area contributed by atoms with Gasteiger partial charge in [0.15, 0.2) is 30.9 Å². The van der Waals surface area contributed by atoms with E-state index in [4.69, 9.17) is 35.4 Å². The zero-order valence-corrected chi connectivity index (χ0v) is 27.2. The van der Waals surface area contributed by atoms with Gasteiger partial charge in [0, 0.05) is 43.7 Å². The van der Waals surface area contributed by atoms with Crippen molar-refractivity contribution in [3.05, 3.63) is 114 Å². The van der Waals surface area contributed by atoms with E-state index in [2.05, 4.69) is 70.9 Å². The topological polar surface area (TPSA) is 80.7 Å². The third kappa shape index (κ3) is 7.21. The molecule has 5 aromatic rings. The minimum atomic E-state index is 0.0689. The van der Waals surface area contributed by atoms with Crippen molar-refractivity contribution in [1.82, 2.24) is 4.98 Å². The van der Waals surface area contributed by atoms with Crippen LogP contribution >= 0.6 is 11.3 Å². The first-order valence-corrected chi connectivity index (χ1v) is 15.8. The van der Waals surface area contributed by atoms with Crippen molar-refractivity contribution >= 4 is 40.0 Å². The van der Waals surface area contributed by atoms with E-state index in [1.54, 1.807) is 25.6 Å². The van der Waals surface area contributed by atoms with Gasteiger partial charge in [0.05, 0.1) is 22.8 Å². The Morgan fingerprint density at radius 3 is 2.30 bits per heavy atom. The van der Waals surface area contributed by atoms with E-state index in [-0.39, 0.29) is 13.6 Å². The van der Waals surface area contributed by atoms with Crippen molar-refractivity contribution < 1.29 is 18.9 Å². The lowest BCUT2D eigenvalue weighted by Crippen LogP contribution is -2.16. The van der Waals surface area contributed by atoms with Gasteiger partial charge in [-0.15, -0.1) is 17.8 Å². The van der Waals surface area contributed by atoms with Crippen LogP contribution in [0.3, 0.4) is 0 Å². The SMILES string of the molecule is C#CCN(C)c1ccc(C2=N/C(=N\c3[nH]c(-c4cccs4)cc3-c3ccc(OCOC)c(OCOC)c3)C(c3ccccc3)=C2)cc1. The molecule has 1 aliphatic heterocycles. The van der Waals surface area contributed by atoms with E-state index < -0.39 is 0 Å². The highest BCUT2D eigenvalue weighted by Crippen LogP contribution is 2.41. The summed E-state index contributed by atoms with van der Waals surface area (Å²) in [5.74, 6) is 5.04. The Labute approximate surface area is 278 Å². The fourth-order valence-electron chi connectivity index (χ4n) is 5.16. The second-order valence-electron chi connectivity index (χ2n) is 10.6. The lowest BCUT2D eigenvalue weighted by atomic mass is 10.0. The molecule has 0 amide bonds. The molecule has 0 atom stereocenters. The van der Waals surface area contributed by atoms with Crippen molar-refractivity contribution in [3.8, 4) is 45.5 Å². The Kier molecular flexibility index (Phi) is 9.94. The minimum absolute atomic E-state index is 0.0689. The predicted molar refractivity (Wildman–Crippen MR) is 191 cm³/mol. The molecule has 6 rings (SSSR count). The van der Waals surface area contributed by atoms with Crippen molar-refractivity contribution in [2.45, 2.75) is 0 Å². The number of aromatic amines is 1. The van der Waals surface area contributed by atoms with Gasteiger partial charge in [-0.05, 0) is 59.0 Å². The molecule has 0 fully saturated rings. The van der Waals surface area contributed by atoms with Gasteiger partial charge >= 0.3 is 0 Å². The molecule has 3 heterocycles. The Bertz CT molecular complexity index is 1950. The van der Waals surface area contributed by atoms with Gasteiger partial charge in [-0.1, -0.05) is 60.5 Å². The van der Waals surface area contributed by atoms with Gasteiger partial charge in [-0.25, -0.2) is 9.98 Å². The first-order chi connectivity index (χ1) is 23.1. The van der Waals surface area contributed by atoms with Crippen molar-refractivity contribution in [2.75, 3.05) is 46.3 Å². The summed E-state index contributed by atoms with van der Waals surface area (Å²) in [6.07, 6.45) is 7.61. The Balaban J connectivity index is 1.45. The molecule has 8 nitrogen and oxygen atoms in total. The fraction of sp³-hybridized carbons (Fsp3) is 0.158. The van der Waals surface area contributed by atoms with Crippen LogP contribution in [0.1, 0.15) is 11.1 Å². The van der Waals surface area contributed by atoms with Crippen LogP contribution in [0.15, 0.2) is 112 Å². The molecule has 47 heavy (non-hydrogen) atoms. The van der Waals surface area contributed by atoms with Gasteiger partial charge in [-0.2, -0.15) is 0 Å². The average molecular weight is 643 g/mol. The van der Waals surface area contributed by atoms with Gasteiger partial charge in [0.2, 0.25) is 0 Å². The Hall–Kier alpha value is -5.40. The highest BCUT2D eigenvalue weighted by atomic mass is 32.1. The number of hydrogen-bond donors (Lipinski definition) is 1. The van der Waals surface area contributed by atoms with Crippen LogP contribution in [0.25, 0.3) is 27.3 Å². The number of hydrogen-bond acceptors (Lipinski definition) is 7. The molecule has 0 aliphatic carbocycles. The van der Waals surface area contributed by atoms with Gasteiger partial charge < -0.3 is 28.8 Å². The molecule has 236 valence electrons. The van der Waals surface area contributed by atoms with E-state index in [0.717, 1.165) is 49.8 Å². The number of amidine groups is 1. The summed E-state index contributed by atoms with van der Waals surface area (Å²) in [7, 11) is 5.13. The summed E-state index contributed by atoms with van der Waals surface area (Å²) in [4.78, 5) is 17.0. The smallest absolute Gasteiger partial charge is 0.188 e. The largest absolute Gasteiger partial charge is 0.464 e. The highest BCUT2D eigenvalue weighted by molar-refractivity contribution is 7.13. The number of aromatic nitrogens is 1. The van der Waals surface area contributed by atoms with E-state index in [1.807, 2.05) is 54.4 Å². The van der Waals surface area contributed by atoms with Gasteiger partial charge in [0.1, 0.15) is 5.82 Å². The monoisotopic (exact) mass is 642 g/mol. The van der Waals surface area contributed by atoms with Crippen LogP contribution in [0.4, 0.5) is 11.5 Å². The molecule has 0 saturated carbocycles. The average Bonchev–Trinajstić information content (AvgIpc) is 3.88. The number of terminal acetylenes is 1. The first-order valence-electron chi connectivity index (χ1n) is 14.9. The number of nitrogens with one attached hydrogen (secondary N) is 1. The molecule has 1 N–H and O–H groups in total. The van der Waals surface area contributed by atoms with Crippen LogP contribution in [0.2, 0.25) is 0 Å². The Morgan fingerprint density at radius 1 is 0.851 bits per heavy atom. The number of ether oxygens (including phenoxy) is 4. The predicted octanol–water partition coefficient (Wildman–Crippen LogP) is 8.06. The quantitative estimate of drug-likeness (QED) is 0.104. The van der Waals surface area contributed by atoms with Crippen molar-refractivity contribution in [3.63, 3.8) is 0 Å². The number of allylic oxidation sites excluding steroid dienone is 1. The maximum Gasteiger partial charge on any atom is 0.188 e. The second kappa shape index (κ2) is 14.8. The number of thiophene rings is 1. The zero-order valence-electron chi connectivity index (χ0n) is 26.4. The number of H-pyrrole nitrogens is 1. The van der Waals surface area contributed by atoms with E-state index >= 15 is 0 Å². The van der Waals surface area contributed by atoms with E-state index in [1.165, 1.54) is 0 Å². The highest BCUT2D eigenvalue weighted by Gasteiger charge is 2.22. The number of rotatable bonds is 13. The lowest BCUT2D eigenvalue weighted by molar-refractivity contribution is 0.0323. The van der Waals surface area contributed by atoms with Crippen LogP contribution < -0.4 is 14.4 Å². The number of anilines is 1. The molecule has 0 saturated heterocycles. The Morgan fingerprint density at radius 2 is 1.60 bits per heavy atom. The van der Waals surface area contributed by atoms with Gasteiger partial charge in [-0.3, -0.25) is 0 Å². The maximum absolute atomic E-state index is 5.88. The summed E-state index contributed by atoms with van der Waals surface area (Å²) < 4.78 is 21.9.